The second-order valence-corrected chi connectivity index (χ2v) is 4.49. The van der Waals surface area contributed by atoms with Gasteiger partial charge in [-0.1, -0.05) is 12.1 Å². The highest BCUT2D eigenvalue weighted by molar-refractivity contribution is 5.49. The first-order chi connectivity index (χ1) is 7.70. The van der Waals surface area contributed by atoms with Crippen LogP contribution in [0.4, 0.5) is 5.69 Å². The highest BCUT2D eigenvalue weighted by Gasteiger charge is 2.20. The Morgan fingerprint density at radius 3 is 2.56 bits per heavy atom. The Morgan fingerprint density at radius 2 is 2.06 bits per heavy atom. The van der Waals surface area contributed by atoms with Crippen LogP contribution < -0.4 is 10.2 Å². The number of anilines is 1. The third-order valence-electron chi connectivity index (χ3n) is 3.35. The number of aliphatic hydroxyl groups is 1. The molecule has 1 aromatic rings. The molecule has 1 saturated heterocycles. The van der Waals surface area contributed by atoms with Crippen molar-refractivity contribution >= 4 is 5.69 Å². The van der Waals surface area contributed by atoms with Gasteiger partial charge in [-0.25, -0.2) is 0 Å². The lowest BCUT2D eigenvalue weighted by molar-refractivity contribution is 0.198. The molecule has 0 amide bonds. The second-order valence-electron chi connectivity index (χ2n) is 4.49. The van der Waals surface area contributed by atoms with E-state index in [-0.39, 0.29) is 6.10 Å². The van der Waals surface area contributed by atoms with E-state index in [0.29, 0.717) is 6.04 Å². The van der Waals surface area contributed by atoms with Gasteiger partial charge in [0.1, 0.15) is 0 Å². The summed E-state index contributed by atoms with van der Waals surface area (Å²) in [6.07, 6.45) is 0.727. The second kappa shape index (κ2) is 4.85. The van der Waals surface area contributed by atoms with Crippen LogP contribution in [0.2, 0.25) is 0 Å². The predicted molar refractivity (Wildman–Crippen MR) is 66.8 cm³/mol. The topological polar surface area (TPSA) is 35.5 Å². The molecule has 3 nitrogen and oxygen atoms in total. The Bertz CT molecular complexity index is 336. The summed E-state index contributed by atoms with van der Waals surface area (Å²) >= 11 is 0. The molecule has 0 radical (unpaired) electrons. The zero-order valence-electron chi connectivity index (χ0n) is 9.98. The molecule has 0 spiro atoms. The Balaban J connectivity index is 2.07. The summed E-state index contributed by atoms with van der Waals surface area (Å²) in [4.78, 5) is 2.23. The van der Waals surface area contributed by atoms with Crippen molar-refractivity contribution in [1.82, 2.24) is 5.32 Å². The first-order valence-corrected chi connectivity index (χ1v) is 5.91. The van der Waals surface area contributed by atoms with Gasteiger partial charge in [0.15, 0.2) is 0 Å². The maximum absolute atomic E-state index is 9.49. The van der Waals surface area contributed by atoms with Gasteiger partial charge in [0.25, 0.3) is 0 Å². The summed E-state index contributed by atoms with van der Waals surface area (Å²) in [7, 11) is 1.97. The Kier molecular flexibility index (Phi) is 3.46. The molecular formula is C13H20N2O. The zero-order valence-corrected chi connectivity index (χ0v) is 9.98. The largest absolute Gasteiger partial charge is 0.391 e. The maximum atomic E-state index is 9.49. The molecule has 1 aliphatic heterocycles. The van der Waals surface area contributed by atoms with Crippen molar-refractivity contribution < 1.29 is 5.11 Å². The number of β-amino-alcohol motifs (C(OH)–C–C–N with tert-alkyl or cyclic N) is 1. The molecule has 2 unspecified atom stereocenters. The van der Waals surface area contributed by atoms with Gasteiger partial charge in [0.05, 0.1) is 6.10 Å². The van der Waals surface area contributed by atoms with Crippen molar-refractivity contribution in [3.63, 3.8) is 0 Å². The molecule has 1 fully saturated rings. The molecule has 0 aliphatic carbocycles. The number of benzene rings is 1. The lowest BCUT2D eigenvalue weighted by Gasteiger charge is -2.19. The van der Waals surface area contributed by atoms with Crippen LogP contribution in [0, 0.1) is 0 Å². The van der Waals surface area contributed by atoms with Crippen molar-refractivity contribution in [2.75, 3.05) is 25.0 Å². The van der Waals surface area contributed by atoms with E-state index < -0.39 is 0 Å². The van der Waals surface area contributed by atoms with Gasteiger partial charge in [-0.05, 0) is 38.1 Å². The van der Waals surface area contributed by atoms with Crippen molar-refractivity contribution in [3.8, 4) is 0 Å². The fraction of sp³-hybridized carbons (Fsp3) is 0.538. The van der Waals surface area contributed by atoms with E-state index in [1.165, 1.54) is 11.3 Å². The monoisotopic (exact) mass is 220 g/mol. The lowest BCUT2D eigenvalue weighted by atomic mass is 10.1. The molecule has 3 heteroatoms. The molecule has 0 bridgehead atoms. The van der Waals surface area contributed by atoms with Gasteiger partial charge in [0, 0.05) is 24.8 Å². The summed E-state index contributed by atoms with van der Waals surface area (Å²) < 4.78 is 0. The zero-order chi connectivity index (χ0) is 11.5. The molecule has 2 rings (SSSR count). The number of hydrogen-bond donors (Lipinski definition) is 2. The standard InChI is InChI=1S/C13H20N2O/c1-10(14-2)11-3-5-12(6-4-11)15-8-7-13(16)9-15/h3-6,10,13-14,16H,7-9H2,1-2H3. The molecule has 0 saturated carbocycles. The quantitative estimate of drug-likeness (QED) is 0.811. The SMILES string of the molecule is CNC(C)c1ccc(N2CCC(O)C2)cc1. The van der Waals surface area contributed by atoms with Crippen LogP contribution in [0.5, 0.6) is 0 Å². The van der Waals surface area contributed by atoms with Crippen molar-refractivity contribution in [2.45, 2.75) is 25.5 Å². The first kappa shape index (κ1) is 11.4. The molecule has 1 aliphatic rings. The first-order valence-electron chi connectivity index (χ1n) is 5.91. The third-order valence-corrected chi connectivity index (χ3v) is 3.35. The van der Waals surface area contributed by atoms with Gasteiger partial charge in [-0.3, -0.25) is 0 Å². The van der Waals surface area contributed by atoms with Crippen LogP contribution in [-0.4, -0.2) is 31.3 Å². The van der Waals surface area contributed by atoms with E-state index in [2.05, 4.69) is 41.4 Å². The summed E-state index contributed by atoms with van der Waals surface area (Å²) in [5.74, 6) is 0. The molecule has 16 heavy (non-hydrogen) atoms. The number of rotatable bonds is 3. The van der Waals surface area contributed by atoms with E-state index in [0.717, 1.165) is 19.5 Å². The highest BCUT2D eigenvalue weighted by Crippen LogP contribution is 2.22. The van der Waals surface area contributed by atoms with Gasteiger partial charge in [-0.2, -0.15) is 0 Å². The van der Waals surface area contributed by atoms with Gasteiger partial charge >= 0.3 is 0 Å². The maximum Gasteiger partial charge on any atom is 0.0731 e. The minimum absolute atomic E-state index is 0.157. The predicted octanol–water partition coefficient (Wildman–Crippen LogP) is 1.54. The summed E-state index contributed by atoms with van der Waals surface area (Å²) in [6, 6.07) is 8.98. The van der Waals surface area contributed by atoms with Crippen LogP contribution in [0.1, 0.15) is 24.9 Å². The summed E-state index contributed by atoms with van der Waals surface area (Å²) in [6.45, 7) is 3.87. The minimum Gasteiger partial charge on any atom is -0.391 e. The van der Waals surface area contributed by atoms with E-state index in [9.17, 15) is 5.11 Å². The molecule has 0 aromatic heterocycles. The smallest absolute Gasteiger partial charge is 0.0731 e. The normalized spacial score (nSPS) is 22.4. The molecule has 88 valence electrons. The van der Waals surface area contributed by atoms with Crippen LogP contribution >= 0.6 is 0 Å². The summed E-state index contributed by atoms with van der Waals surface area (Å²) in [5.41, 5.74) is 2.51. The van der Waals surface area contributed by atoms with Crippen molar-refractivity contribution in [3.05, 3.63) is 29.8 Å². The average Bonchev–Trinajstić information content (AvgIpc) is 2.75. The number of hydrogen-bond acceptors (Lipinski definition) is 3. The Hall–Kier alpha value is -1.06. The van der Waals surface area contributed by atoms with E-state index in [1.54, 1.807) is 0 Å². The lowest BCUT2D eigenvalue weighted by Crippen LogP contribution is -2.21. The van der Waals surface area contributed by atoms with Gasteiger partial charge < -0.3 is 15.3 Å². The number of nitrogens with one attached hydrogen (secondary N) is 1. The fourth-order valence-electron chi connectivity index (χ4n) is 2.12. The number of nitrogens with zero attached hydrogens (tertiary/aromatic N) is 1. The molecule has 1 aromatic carbocycles. The van der Waals surface area contributed by atoms with Gasteiger partial charge in [-0.15, -0.1) is 0 Å². The van der Waals surface area contributed by atoms with E-state index in [1.807, 2.05) is 7.05 Å². The molecule has 2 N–H and O–H groups in total. The van der Waals surface area contributed by atoms with E-state index >= 15 is 0 Å². The van der Waals surface area contributed by atoms with Crippen LogP contribution in [-0.2, 0) is 0 Å². The molecular weight excluding hydrogens is 200 g/mol. The average molecular weight is 220 g/mol. The summed E-state index contributed by atoms with van der Waals surface area (Å²) in [5, 5.41) is 12.7. The van der Waals surface area contributed by atoms with Crippen LogP contribution in [0.3, 0.4) is 0 Å². The van der Waals surface area contributed by atoms with Crippen molar-refractivity contribution in [2.24, 2.45) is 0 Å². The molecule has 1 heterocycles. The molecule has 2 atom stereocenters. The van der Waals surface area contributed by atoms with Crippen molar-refractivity contribution in [1.29, 1.82) is 0 Å². The highest BCUT2D eigenvalue weighted by atomic mass is 16.3. The fourth-order valence-corrected chi connectivity index (χ4v) is 2.12. The third kappa shape index (κ3) is 2.36. The van der Waals surface area contributed by atoms with Crippen LogP contribution in [0.25, 0.3) is 0 Å². The minimum atomic E-state index is -0.157. The number of aliphatic hydroxyl groups excluding tert-OH is 1. The Morgan fingerprint density at radius 1 is 1.38 bits per heavy atom. The van der Waals surface area contributed by atoms with E-state index in [4.69, 9.17) is 0 Å². The van der Waals surface area contributed by atoms with Gasteiger partial charge in [0.2, 0.25) is 0 Å². The van der Waals surface area contributed by atoms with Crippen LogP contribution in [0.15, 0.2) is 24.3 Å². The Labute approximate surface area is 97.1 Å².